The molecule has 0 saturated heterocycles. The molecule has 1 aliphatic rings. The molecule has 9 nitrogen and oxygen atoms in total. The van der Waals surface area contributed by atoms with Gasteiger partial charge in [-0.1, -0.05) is 36.4 Å². The number of hydrazine groups is 1. The minimum Gasteiger partial charge on any atom is -0.484 e. The van der Waals surface area contributed by atoms with Crippen LogP contribution in [-0.4, -0.2) is 30.0 Å². The Labute approximate surface area is 202 Å². The third-order valence-corrected chi connectivity index (χ3v) is 5.64. The number of hydrogen-bond acceptors (Lipinski definition) is 6. The van der Waals surface area contributed by atoms with Gasteiger partial charge in [-0.05, 0) is 50.5 Å². The summed E-state index contributed by atoms with van der Waals surface area (Å²) in [6.07, 6.45) is 2.05. The number of ether oxygens (including phenoxy) is 1. The summed E-state index contributed by atoms with van der Waals surface area (Å²) in [5.41, 5.74) is 10.6. The van der Waals surface area contributed by atoms with Crippen molar-refractivity contribution >= 4 is 23.4 Å². The van der Waals surface area contributed by atoms with Gasteiger partial charge in [0.15, 0.2) is 12.4 Å². The van der Waals surface area contributed by atoms with E-state index in [0.717, 1.165) is 12.0 Å². The average molecular weight is 475 g/mol. The van der Waals surface area contributed by atoms with Gasteiger partial charge in [0.05, 0.1) is 5.71 Å². The molecule has 0 unspecified atom stereocenters. The molecule has 3 aromatic rings. The summed E-state index contributed by atoms with van der Waals surface area (Å²) >= 11 is 0. The first-order valence-corrected chi connectivity index (χ1v) is 11.3. The molecular weight excluding hydrogens is 448 g/mol. The predicted octanol–water partition coefficient (Wildman–Crippen LogP) is 3.21. The lowest BCUT2D eigenvalue weighted by Crippen LogP contribution is -2.43. The van der Waals surface area contributed by atoms with Crippen LogP contribution in [0.25, 0.3) is 0 Å². The molecule has 4 rings (SSSR count). The van der Waals surface area contributed by atoms with Gasteiger partial charge in [0.25, 0.3) is 11.8 Å². The summed E-state index contributed by atoms with van der Waals surface area (Å²) in [6.45, 7) is 3.36. The van der Waals surface area contributed by atoms with Crippen LogP contribution in [0.15, 0.2) is 64.1 Å². The number of carbonyl (C=O) groups is 3. The molecule has 3 N–H and O–H groups in total. The largest absolute Gasteiger partial charge is 0.484 e. The first-order chi connectivity index (χ1) is 16.9. The second-order valence-corrected chi connectivity index (χ2v) is 8.13. The molecule has 2 aromatic carbocycles. The average Bonchev–Trinajstić information content (AvgIpc) is 3.22. The second kappa shape index (κ2) is 10.7. The van der Waals surface area contributed by atoms with E-state index in [4.69, 9.17) is 9.15 Å². The highest BCUT2D eigenvalue weighted by Crippen LogP contribution is 2.29. The molecule has 180 valence electrons. The van der Waals surface area contributed by atoms with Crippen molar-refractivity contribution in [1.82, 2.24) is 16.3 Å². The van der Waals surface area contributed by atoms with Crippen molar-refractivity contribution in [1.29, 1.82) is 0 Å². The molecule has 0 aliphatic heterocycles. The number of para-hydroxylation sites is 1. The molecule has 35 heavy (non-hydrogen) atoms. The zero-order chi connectivity index (χ0) is 24.8. The van der Waals surface area contributed by atoms with Crippen LogP contribution in [0.1, 0.15) is 56.2 Å². The maximum absolute atomic E-state index is 12.7. The first kappa shape index (κ1) is 23.7. The fraction of sp³-hybridized carbons (Fsp3) is 0.231. The van der Waals surface area contributed by atoms with Crippen molar-refractivity contribution in [3.8, 4) is 5.75 Å². The number of carbonyl (C=O) groups excluding carboxylic acids is 3. The predicted molar refractivity (Wildman–Crippen MR) is 129 cm³/mol. The molecule has 3 amide bonds. The van der Waals surface area contributed by atoms with Crippen LogP contribution < -0.4 is 21.0 Å². The lowest BCUT2D eigenvalue weighted by Gasteiger charge is -2.13. The quantitative estimate of drug-likeness (QED) is 0.474. The molecular formula is C26H26N4O5. The van der Waals surface area contributed by atoms with Gasteiger partial charge in [0.2, 0.25) is 0 Å². The Morgan fingerprint density at radius 3 is 2.46 bits per heavy atom. The van der Waals surface area contributed by atoms with Crippen LogP contribution in [0.4, 0.5) is 0 Å². The maximum Gasteiger partial charge on any atom is 0.305 e. The number of fused-ring (bicyclic) bond motifs is 1. The van der Waals surface area contributed by atoms with Crippen LogP contribution in [0.3, 0.4) is 0 Å². The van der Waals surface area contributed by atoms with E-state index >= 15 is 0 Å². The fourth-order valence-corrected chi connectivity index (χ4v) is 3.89. The monoisotopic (exact) mass is 474 g/mol. The van der Waals surface area contributed by atoms with Gasteiger partial charge >= 0.3 is 5.91 Å². The Morgan fingerprint density at radius 1 is 0.943 bits per heavy atom. The number of benzene rings is 2. The molecule has 1 heterocycles. The first-order valence-electron chi connectivity index (χ1n) is 11.3. The third kappa shape index (κ3) is 5.57. The van der Waals surface area contributed by atoms with Crippen molar-refractivity contribution < 1.29 is 23.5 Å². The van der Waals surface area contributed by atoms with E-state index in [1.54, 1.807) is 43.3 Å². The Bertz CT molecular complexity index is 1280. The van der Waals surface area contributed by atoms with Crippen LogP contribution in [-0.2, 0) is 11.2 Å². The van der Waals surface area contributed by atoms with Gasteiger partial charge in [-0.15, -0.1) is 0 Å². The van der Waals surface area contributed by atoms with Crippen LogP contribution >= 0.6 is 0 Å². The van der Waals surface area contributed by atoms with Crippen molar-refractivity contribution in [3.63, 3.8) is 0 Å². The van der Waals surface area contributed by atoms with Crippen molar-refractivity contribution in [3.05, 3.63) is 88.4 Å². The van der Waals surface area contributed by atoms with E-state index in [0.29, 0.717) is 46.8 Å². The van der Waals surface area contributed by atoms with E-state index in [9.17, 15) is 14.4 Å². The smallest absolute Gasteiger partial charge is 0.305 e. The Kier molecular flexibility index (Phi) is 7.25. The van der Waals surface area contributed by atoms with Crippen LogP contribution in [0.5, 0.6) is 5.75 Å². The molecule has 1 aliphatic carbocycles. The summed E-state index contributed by atoms with van der Waals surface area (Å²) in [5, 5.41) is 4.34. The summed E-state index contributed by atoms with van der Waals surface area (Å²) < 4.78 is 11.2. The lowest BCUT2D eigenvalue weighted by molar-refractivity contribution is -0.123. The van der Waals surface area contributed by atoms with Gasteiger partial charge in [0.1, 0.15) is 11.5 Å². The number of amides is 3. The SMILES string of the molecule is Cc1ccccc1C(=O)N/N=C1\CCCc2oc(C(=O)NNC(=O)COc3ccccc3)c(C)c21. The van der Waals surface area contributed by atoms with E-state index in [1.165, 1.54) is 0 Å². The second-order valence-electron chi connectivity index (χ2n) is 8.13. The molecule has 0 bridgehead atoms. The van der Waals surface area contributed by atoms with Crippen molar-refractivity contribution in [2.45, 2.75) is 33.1 Å². The highest BCUT2D eigenvalue weighted by molar-refractivity contribution is 6.07. The van der Waals surface area contributed by atoms with E-state index < -0.39 is 11.8 Å². The Morgan fingerprint density at radius 2 is 1.69 bits per heavy atom. The Hall–Kier alpha value is -4.40. The number of nitrogens with zero attached hydrogens (tertiary/aromatic N) is 1. The van der Waals surface area contributed by atoms with Crippen molar-refractivity contribution in [2.75, 3.05) is 6.61 Å². The van der Waals surface area contributed by atoms with Gasteiger partial charge < -0.3 is 9.15 Å². The summed E-state index contributed by atoms with van der Waals surface area (Å²) in [4.78, 5) is 37.3. The van der Waals surface area contributed by atoms with Gasteiger partial charge in [-0.3, -0.25) is 25.2 Å². The zero-order valence-electron chi connectivity index (χ0n) is 19.5. The molecule has 9 heteroatoms. The standard InChI is InChI=1S/C26H26N4O5/c1-16-9-6-7-12-19(16)25(32)29-27-20-13-8-14-21-23(20)17(2)24(35-21)26(33)30-28-22(31)15-34-18-10-4-3-5-11-18/h3-7,9-12H,8,13-15H2,1-2H3,(H,28,31)(H,29,32)(H,30,33)/b27-20+. The van der Waals surface area contributed by atoms with Gasteiger partial charge in [-0.25, -0.2) is 5.43 Å². The summed E-state index contributed by atoms with van der Waals surface area (Å²) in [6, 6.07) is 16.1. The highest BCUT2D eigenvalue weighted by atomic mass is 16.5. The van der Waals surface area contributed by atoms with Crippen LogP contribution in [0.2, 0.25) is 0 Å². The molecule has 0 saturated carbocycles. The topological polar surface area (TPSA) is 122 Å². The molecule has 0 radical (unpaired) electrons. The summed E-state index contributed by atoms with van der Waals surface area (Å²) in [7, 11) is 0. The normalized spacial score (nSPS) is 13.6. The lowest BCUT2D eigenvalue weighted by atomic mass is 9.93. The zero-order valence-corrected chi connectivity index (χ0v) is 19.5. The van der Waals surface area contributed by atoms with E-state index in [2.05, 4.69) is 21.4 Å². The number of furan rings is 1. The van der Waals surface area contributed by atoms with Crippen LogP contribution in [0, 0.1) is 13.8 Å². The summed E-state index contributed by atoms with van der Waals surface area (Å²) in [5.74, 6) is -0.154. The molecule has 0 spiro atoms. The van der Waals surface area contributed by atoms with Gasteiger partial charge in [0, 0.05) is 23.1 Å². The number of hydrazone groups is 1. The minimum absolute atomic E-state index is 0.0825. The number of nitrogens with one attached hydrogen (secondary N) is 3. The van der Waals surface area contributed by atoms with Crippen molar-refractivity contribution in [2.24, 2.45) is 5.10 Å². The minimum atomic E-state index is -0.590. The third-order valence-electron chi connectivity index (χ3n) is 5.64. The number of aryl methyl sites for hydroxylation is 2. The number of hydrogen-bond donors (Lipinski definition) is 3. The molecule has 0 fully saturated rings. The van der Waals surface area contributed by atoms with E-state index in [1.807, 2.05) is 25.1 Å². The number of rotatable bonds is 6. The molecule has 1 aromatic heterocycles. The fourth-order valence-electron chi connectivity index (χ4n) is 3.89. The highest BCUT2D eigenvalue weighted by Gasteiger charge is 2.28. The van der Waals surface area contributed by atoms with E-state index in [-0.39, 0.29) is 18.3 Å². The van der Waals surface area contributed by atoms with Gasteiger partial charge in [-0.2, -0.15) is 5.10 Å². The molecule has 0 atom stereocenters. The maximum atomic E-state index is 12.7. The Balaban J connectivity index is 1.40.